The number of carbonyl (C=O) groups is 2. The maximum atomic E-state index is 14.1. The van der Waals surface area contributed by atoms with Gasteiger partial charge < -0.3 is 20.2 Å². The maximum Gasteiger partial charge on any atom is 0.255 e. The van der Waals surface area contributed by atoms with Crippen LogP contribution in [0.3, 0.4) is 0 Å². The number of fused-ring (bicyclic) bond motifs is 1. The molecule has 0 bridgehead atoms. The number of thiazole rings is 1. The van der Waals surface area contributed by atoms with Gasteiger partial charge in [0.05, 0.1) is 0 Å². The fourth-order valence-electron chi connectivity index (χ4n) is 4.80. The van der Waals surface area contributed by atoms with E-state index in [1.54, 1.807) is 11.6 Å². The second kappa shape index (κ2) is 9.63. The summed E-state index contributed by atoms with van der Waals surface area (Å²) in [5.41, 5.74) is 2.29. The van der Waals surface area contributed by atoms with Gasteiger partial charge in [-0.25, -0.2) is 9.37 Å². The average molecular weight is 496 g/mol. The Morgan fingerprint density at radius 3 is 2.74 bits per heavy atom. The molecule has 8 nitrogen and oxygen atoms in total. The zero-order valence-electron chi connectivity index (χ0n) is 19.2. The number of phenols is 1. The molecule has 3 N–H and O–H groups in total. The van der Waals surface area contributed by atoms with Crippen LogP contribution < -0.4 is 15.5 Å². The van der Waals surface area contributed by atoms with Gasteiger partial charge in [0.25, 0.3) is 11.8 Å². The molecule has 1 aromatic heterocycles. The van der Waals surface area contributed by atoms with Crippen molar-refractivity contribution in [2.75, 3.05) is 30.4 Å². The number of hydrogen-bond donors (Lipinski definition) is 3. The summed E-state index contributed by atoms with van der Waals surface area (Å²) in [7, 11) is 1.97. The molecule has 0 spiro atoms. The van der Waals surface area contributed by atoms with Crippen LogP contribution in [-0.2, 0) is 11.3 Å². The van der Waals surface area contributed by atoms with Crippen LogP contribution in [-0.4, -0.2) is 53.0 Å². The monoisotopic (exact) mass is 495 g/mol. The van der Waals surface area contributed by atoms with Crippen molar-refractivity contribution < 1.29 is 19.1 Å². The fraction of sp³-hybridized carbons (Fsp3) is 0.320. The van der Waals surface area contributed by atoms with Gasteiger partial charge in [0.2, 0.25) is 0 Å². The number of nitrogens with zero attached hydrogens (tertiary/aromatic N) is 3. The Hall–Kier alpha value is -3.50. The molecule has 3 heterocycles. The minimum absolute atomic E-state index is 0.0228. The summed E-state index contributed by atoms with van der Waals surface area (Å²) < 4.78 is 14.1. The molecule has 1 saturated heterocycles. The van der Waals surface area contributed by atoms with Crippen molar-refractivity contribution in [1.29, 1.82) is 0 Å². The molecule has 1 unspecified atom stereocenters. The van der Waals surface area contributed by atoms with Crippen LogP contribution >= 0.6 is 11.3 Å². The molecule has 1 fully saturated rings. The third-order valence-electron chi connectivity index (χ3n) is 6.70. The second-order valence-electron chi connectivity index (χ2n) is 8.76. The van der Waals surface area contributed by atoms with Gasteiger partial charge in [-0.15, -0.1) is 11.3 Å². The quantitative estimate of drug-likeness (QED) is 0.484. The van der Waals surface area contributed by atoms with Crippen LogP contribution in [0, 0.1) is 5.82 Å². The van der Waals surface area contributed by atoms with E-state index in [2.05, 4.69) is 20.5 Å². The van der Waals surface area contributed by atoms with Crippen LogP contribution in [0.15, 0.2) is 48.0 Å². The number of amides is 2. The highest BCUT2D eigenvalue weighted by Crippen LogP contribution is 2.38. The molecule has 182 valence electrons. The van der Waals surface area contributed by atoms with Gasteiger partial charge in [0.15, 0.2) is 5.13 Å². The van der Waals surface area contributed by atoms with Crippen molar-refractivity contribution in [2.24, 2.45) is 0 Å². The lowest BCUT2D eigenvalue weighted by Gasteiger charge is -2.33. The van der Waals surface area contributed by atoms with E-state index in [9.17, 15) is 19.1 Å². The van der Waals surface area contributed by atoms with Crippen LogP contribution in [0.1, 0.15) is 40.4 Å². The van der Waals surface area contributed by atoms with Crippen molar-refractivity contribution in [3.8, 4) is 5.75 Å². The zero-order chi connectivity index (χ0) is 24.5. The van der Waals surface area contributed by atoms with Crippen LogP contribution in [0.5, 0.6) is 5.75 Å². The minimum atomic E-state index is -1.23. The van der Waals surface area contributed by atoms with Crippen molar-refractivity contribution in [1.82, 2.24) is 15.2 Å². The summed E-state index contributed by atoms with van der Waals surface area (Å²) in [6, 6.07) is 8.44. The lowest BCUT2D eigenvalue weighted by atomic mass is 10.0. The van der Waals surface area contributed by atoms with Gasteiger partial charge in [0, 0.05) is 54.1 Å². The fourth-order valence-corrected chi connectivity index (χ4v) is 5.33. The predicted molar refractivity (Wildman–Crippen MR) is 132 cm³/mol. The van der Waals surface area contributed by atoms with Gasteiger partial charge in [-0.1, -0.05) is 6.07 Å². The van der Waals surface area contributed by atoms with Crippen molar-refractivity contribution in [2.45, 2.75) is 31.5 Å². The molecule has 0 aliphatic carbocycles. The molecule has 35 heavy (non-hydrogen) atoms. The summed E-state index contributed by atoms with van der Waals surface area (Å²) in [5, 5.41) is 18.6. The number of nitrogens with one attached hydrogen (secondary N) is 2. The first-order valence-corrected chi connectivity index (χ1v) is 12.4. The van der Waals surface area contributed by atoms with Gasteiger partial charge in [-0.3, -0.25) is 14.9 Å². The maximum absolute atomic E-state index is 14.1. The normalized spacial score (nSPS) is 16.9. The number of carbonyl (C=O) groups excluding carboxylic acids is 2. The third kappa shape index (κ3) is 4.59. The zero-order valence-corrected chi connectivity index (χ0v) is 20.0. The summed E-state index contributed by atoms with van der Waals surface area (Å²) in [6.45, 7) is 1.94. The first-order valence-electron chi connectivity index (χ1n) is 11.5. The predicted octanol–water partition coefficient (Wildman–Crippen LogP) is 3.51. The largest absolute Gasteiger partial charge is 0.508 e. The summed E-state index contributed by atoms with van der Waals surface area (Å²) in [5.74, 6) is -1.78. The van der Waals surface area contributed by atoms with E-state index in [1.807, 2.05) is 25.2 Å². The Kier molecular flexibility index (Phi) is 6.40. The Morgan fingerprint density at radius 2 is 2.03 bits per heavy atom. The van der Waals surface area contributed by atoms with E-state index in [-0.39, 0.29) is 23.8 Å². The van der Waals surface area contributed by atoms with E-state index >= 15 is 0 Å². The van der Waals surface area contributed by atoms with Gasteiger partial charge in [-0.05, 0) is 55.8 Å². The number of aromatic nitrogens is 1. The van der Waals surface area contributed by atoms with Crippen LogP contribution in [0.2, 0.25) is 0 Å². The topological polar surface area (TPSA) is 97.8 Å². The third-order valence-corrected chi connectivity index (χ3v) is 7.39. The van der Waals surface area contributed by atoms with Crippen molar-refractivity contribution in [3.05, 3.63) is 70.5 Å². The van der Waals surface area contributed by atoms with Crippen molar-refractivity contribution in [3.63, 3.8) is 0 Å². The molecule has 1 atom stereocenters. The number of benzene rings is 2. The molecule has 0 radical (unpaired) electrons. The van der Waals surface area contributed by atoms with Gasteiger partial charge >= 0.3 is 0 Å². The first kappa shape index (κ1) is 23.3. The van der Waals surface area contributed by atoms with E-state index in [0.717, 1.165) is 49.3 Å². The molecule has 2 amide bonds. The number of aromatic hydroxyl groups is 1. The smallest absolute Gasteiger partial charge is 0.255 e. The Balaban J connectivity index is 1.45. The van der Waals surface area contributed by atoms with Crippen LogP contribution in [0.4, 0.5) is 15.2 Å². The van der Waals surface area contributed by atoms with E-state index in [0.29, 0.717) is 16.7 Å². The van der Waals surface area contributed by atoms with Gasteiger partial charge in [-0.2, -0.15) is 0 Å². The molecular weight excluding hydrogens is 469 g/mol. The second-order valence-corrected chi connectivity index (χ2v) is 9.65. The number of rotatable bonds is 6. The van der Waals surface area contributed by atoms with Crippen LogP contribution in [0.25, 0.3) is 0 Å². The average Bonchev–Trinajstić information content (AvgIpc) is 3.49. The van der Waals surface area contributed by atoms with E-state index in [4.69, 9.17) is 0 Å². The Labute approximate surface area is 206 Å². The number of halogens is 1. The van der Waals surface area contributed by atoms with E-state index in [1.165, 1.54) is 22.3 Å². The standard InChI is InChI=1S/C25H26FN5O3S/c1-27-17-6-9-30(10-7-17)18-4-2-15-14-31(24(34)19(15)13-18)22(20-12-16(26)3-5-21(20)32)23(33)29-25-28-8-11-35-25/h2-5,8,11-13,17,22,27,32H,6-7,9-10,14H2,1H3,(H,28,29,33). The highest BCUT2D eigenvalue weighted by Gasteiger charge is 2.39. The molecular formula is C25H26FN5O3S. The number of hydrogen-bond acceptors (Lipinski definition) is 7. The van der Waals surface area contributed by atoms with Crippen molar-refractivity contribution >= 4 is 34.0 Å². The minimum Gasteiger partial charge on any atom is -0.508 e. The SMILES string of the molecule is CNC1CCN(c2ccc3c(c2)C(=O)N(C(C(=O)Nc2nccs2)c2cc(F)ccc2O)C3)CC1. The van der Waals surface area contributed by atoms with E-state index < -0.39 is 17.8 Å². The summed E-state index contributed by atoms with van der Waals surface area (Å²) >= 11 is 1.23. The lowest BCUT2D eigenvalue weighted by Crippen LogP contribution is -2.41. The Bertz CT molecular complexity index is 1240. The lowest BCUT2D eigenvalue weighted by molar-refractivity contribution is -0.120. The summed E-state index contributed by atoms with van der Waals surface area (Å²) in [6.07, 6.45) is 3.59. The molecule has 0 saturated carbocycles. The Morgan fingerprint density at radius 1 is 1.23 bits per heavy atom. The molecule has 5 rings (SSSR count). The number of piperidine rings is 1. The number of phenolic OH excluding ortho intramolecular Hbond substituents is 1. The summed E-state index contributed by atoms with van der Waals surface area (Å²) in [4.78, 5) is 34.6. The number of anilines is 2. The highest BCUT2D eigenvalue weighted by atomic mass is 32.1. The molecule has 2 aromatic carbocycles. The first-order chi connectivity index (χ1) is 16.9. The molecule has 10 heteroatoms. The van der Waals surface area contributed by atoms with Gasteiger partial charge in [0.1, 0.15) is 17.6 Å². The highest BCUT2D eigenvalue weighted by molar-refractivity contribution is 7.13. The molecule has 2 aliphatic heterocycles. The molecule has 2 aliphatic rings. The molecule has 3 aromatic rings.